The van der Waals surface area contributed by atoms with Gasteiger partial charge in [-0.25, -0.2) is 0 Å². The van der Waals surface area contributed by atoms with Crippen LogP contribution in [0.2, 0.25) is 5.02 Å². The third-order valence-corrected chi connectivity index (χ3v) is 3.79. The molecule has 2 aromatic rings. The Kier molecular flexibility index (Phi) is 8.29. The Bertz CT molecular complexity index is 871. The van der Waals surface area contributed by atoms with Crippen LogP contribution in [0.25, 0.3) is 0 Å². The number of halogens is 1. The van der Waals surface area contributed by atoms with E-state index in [0.717, 1.165) is 10.6 Å². The first-order valence-electron chi connectivity index (χ1n) is 8.74. The van der Waals surface area contributed by atoms with Gasteiger partial charge in [0, 0.05) is 5.02 Å². The number of carbonyl (C=O) groups is 2. The number of carboxylic acids is 2. The van der Waals surface area contributed by atoms with E-state index in [9.17, 15) is 9.59 Å². The summed E-state index contributed by atoms with van der Waals surface area (Å²) in [6.45, 7) is 1.50. The van der Waals surface area contributed by atoms with Gasteiger partial charge in [0.05, 0.1) is 12.8 Å². The van der Waals surface area contributed by atoms with Crippen molar-refractivity contribution in [2.24, 2.45) is 5.10 Å². The number of rotatable bonds is 11. The summed E-state index contributed by atoms with van der Waals surface area (Å²) in [6, 6.07) is 12.4. The normalized spacial score (nSPS) is 10.7. The second-order valence-corrected chi connectivity index (χ2v) is 6.35. The first-order chi connectivity index (χ1) is 13.9. The Morgan fingerprint density at radius 3 is 2.41 bits per heavy atom. The van der Waals surface area contributed by atoms with Crippen molar-refractivity contribution in [3.63, 3.8) is 0 Å². The summed E-state index contributed by atoms with van der Waals surface area (Å²) in [4.78, 5) is 21.7. The van der Waals surface area contributed by atoms with Gasteiger partial charge in [0.1, 0.15) is 19.7 Å². The highest BCUT2D eigenvalue weighted by atomic mass is 35.5. The fourth-order valence-corrected chi connectivity index (χ4v) is 2.59. The first-order valence-corrected chi connectivity index (χ1v) is 9.11. The van der Waals surface area contributed by atoms with Gasteiger partial charge in [0.2, 0.25) is 0 Å². The number of hydrogen-bond donors (Lipinski definition) is 2. The Morgan fingerprint density at radius 1 is 1.07 bits per heavy atom. The fraction of sp³-hybridized carbons (Fsp3) is 0.250. The van der Waals surface area contributed by atoms with E-state index in [4.69, 9.17) is 31.3 Å². The van der Waals surface area contributed by atoms with E-state index in [2.05, 4.69) is 5.10 Å². The minimum absolute atomic E-state index is 0.305. The number of nitrogens with zero attached hydrogens (tertiary/aromatic N) is 2. The molecule has 0 heterocycles. The van der Waals surface area contributed by atoms with Gasteiger partial charge in [-0.15, -0.1) is 0 Å². The maximum Gasteiger partial charge on any atom is 0.324 e. The van der Waals surface area contributed by atoms with Gasteiger partial charge in [0.25, 0.3) is 0 Å². The van der Waals surface area contributed by atoms with E-state index >= 15 is 0 Å². The van der Waals surface area contributed by atoms with Crippen molar-refractivity contribution in [3.8, 4) is 11.5 Å². The molecule has 0 aliphatic carbocycles. The quantitative estimate of drug-likeness (QED) is 0.424. The zero-order valence-electron chi connectivity index (χ0n) is 15.7. The molecule has 29 heavy (non-hydrogen) atoms. The van der Waals surface area contributed by atoms with Crippen LogP contribution in [0.5, 0.6) is 11.5 Å². The molecule has 0 atom stereocenters. The Hall–Kier alpha value is -3.26. The van der Waals surface area contributed by atoms with Crippen LogP contribution in [0.4, 0.5) is 0 Å². The third kappa shape index (κ3) is 7.71. The number of ether oxygens (including phenoxy) is 2. The lowest BCUT2D eigenvalue weighted by molar-refractivity contribution is -0.141. The maximum absolute atomic E-state index is 10.8. The van der Waals surface area contributed by atoms with Crippen LogP contribution >= 0.6 is 11.6 Å². The number of benzene rings is 2. The van der Waals surface area contributed by atoms with Gasteiger partial charge in [-0.3, -0.25) is 14.6 Å². The lowest BCUT2D eigenvalue weighted by atomic mass is 10.2. The molecule has 0 radical (unpaired) electrons. The SMILES string of the molecule is CCOc1cc(/C=N\N(CC(=O)O)CC(=O)O)ccc1OCc1cccc(Cl)c1. The molecule has 9 heteroatoms. The Balaban J connectivity index is 2.14. The number of aliphatic carboxylic acids is 2. The average Bonchev–Trinajstić information content (AvgIpc) is 2.65. The van der Waals surface area contributed by atoms with Crippen LogP contribution in [-0.2, 0) is 16.2 Å². The molecule has 2 aromatic carbocycles. The summed E-state index contributed by atoms with van der Waals surface area (Å²) in [5.74, 6) is -1.34. The fourth-order valence-electron chi connectivity index (χ4n) is 2.38. The minimum atomic E-state index is -1.18. The minimum Gasteiger partial charge on any atom is -0.490 e. The second kappa shape index (κ2) is 10.9. The molecule has 0 aromatic heterocycles. The van der Waals surface area contributed by atoms with Crippen molar-refractivity contribution in [1.82, 2.24) is 5.01 Å². The summed E-state index contributed by atoms with van der Waals surface area (Å²) in [6.07, 6.45) is 1.37. The molecule has 0 saturated carbocycles. The van der Waals surface area contributed by atoms with Gasteiger partial charge in [-0.2, -0.15) is 5.10 Å². The van der Waals surface area contributed by atoms with Gasteiger partial charge >= 0.3 is 11.9 Å². The Morgan fingerprint density at radius 2 is 1.79 bits per heavy atom. The molecule has 0 saturated heterocycles. The van der Waals surface area contributed by atoms with E-state index in [1.807, 2.05) is 25.1 Å². The number of hydrogen-bond acceptors (Lipinski definition) is 6. The summed E-state index contributed by atoms with van der Waals surface area (Å²) >= 11 is 5.98. The van der Waals surface area contributed by atoms with Crippen molar-refractivity contribution in [3.05, 3.63) is 58.6 Å². The molecule has 2 N–H and O–H groups in total. The highest BCUT2D eigenvalue weighted by molar-refractivity contribution is 6.30. The maximum atomic E-state index is 10.8. The van der Waals surface area contributed by atoms with Gasteiger partial charge < -0.3 is 19.7 Å². The van der Waals surface area contributed by atoms with Crippen LogP contribution in [0.15, 0.2) is 47.6 Å². The van der Waals surface area contributed by atoms with Crippen molar-refractivity contribution < 1.29 is 29.3 Å². The highest BCUT2D eigenvalue weighted by Crippen LogP contribution is 2.29. The Labute approximate surface area is 172 Å². The van der Waals surface area contributed by atoms with Crippen molar-refractivity contribution >= 4 is 29.8 Å². The molecule has 0 fully saturated rings. The number of carboxylic acid groups (broad SMARTS) is 2. The molecule has 0 spiro atoms. The topological polar surface area (TPSA) is 109 Å². The average molecular weight is 421 g/mol. The molecule has 8 nitrogen and oxygen atoms in total. The van der Waals surface area contributed by atoms with E-state index in [1.54, 1.807) is 24.3 Å². The van der Waals surface area contributed by atoms with Crippen LogP contribution in [0, 0.1) is 0 Å². The van der Waals surface area contributed by atoms with Crippen LogP contribution < -0.4 is 9.47 Å². The summed E-state index contributed by atoms with van der Waals surface area (Å²) in [5.41, 5.74) is 1.51. The van der Waals surface area contributed by atoms with Crippen molar-refractivity contribution in [1.29, 1.82) is 0 Å². The molecule has 0 unspecified atom stereocenters. The smallest absolute Gasteiger partial charge is 0.324 e. The lowest BCUT2D eigenvalue weighted by Crippen LogP contribution is -2.30. The standard InChI is InChI=1S/C20H21ClN2O6/c1-2-28-18-9-14(10-22-23(11-19(24)25)12-20(26)27)6-7-17(18)29-13-15-4-3-5-16(21)8-15/h3-10H,2,11-13H2,1H3,(H,24,25)(H,26,27)/b22-10-. The van der Waals surface area contributed by atoms with Gasteiger partial charge in [-0.1, -0.05) is 23.7 Å². The molecule has 0 aliphatic heterocycles. The van der Waals surface area contributed by atoms with E-state index in [1.165, 1.54) is 6.21 Å². The monoisotopic (exact) mass is 420 g/mol. The summed E-state index contributed by atoms with van der Waals surface area (Å²) < 4.78 is 11.4. The largest absolute Gasteiger partial charge is 0.490 e. The molecule has 0 aliphatic rings. The van der Waals surface area contributed by atoms with Crippen molar-refractivity contribution in [2.75, 3.05) is 19.7 Å². The summed E-state index contributed by atoms with van der Waals surface area (Å²) in [5, 5.41) is 23.2. The third-order valence-electron chi connectivity index (χ3n) is 3.56. The molecule has 2 rings (SSSR count). The van der Waals surface area contributed by atoms with E-state index in [-0.39, 0.29) is 0 Å². The molecular weight excluding hydrogens is 400 g/mol. The highest BCUT2D eigenvalue weighted by Gasteiger charge is 2.11. The lowest BCUT2D eigenvalue weighted by Gasteiger charge is -2.15. The molecular formula is C20H21ClN2O6. The van der Waals surface area contributed by atoms with E-state index < -0.39 is 25.0 Å². The second-order valence-electron chi connectivity index (χ2n) is 5.91. The molecule has 0 bridgehead atoms. The molecule has 154 valence electrons. The van der Waals surface area contributed by atoms with Gasteiger partial charge in [0.15, 0.2) is 11.5 Å². The van der Waals surface area contributed by atoms with Crippen LogP contribution in [0.1, 0.15) is 18.1 Å². The van der Waals surface area contributed by atoms with Crippen LogP contribution in [-0.4, -0.2) is 53.1 Å². The summed E-state index contributed by atoms with van der Waals surface area (Å²) in [7, 11) is 0. The van der Waals surface area contributed by atoms with Crippen molar-refractivity contribution in [2.45, 2.75) is 13.5 Å². The van der Waals surface area contributed by atoms with E-state index in [0.29, 0.717) is 35.3 Å². The van der Waals surface area contributed by atoms with Crippen LogP contribution in [0.3, 0.4) is 0 Å². The van der Waals surface area contributed by atoms with Gasteiger partial charge in [-0.05, 0) is 48.4 Å². The predicted molar refractivity (Wildman–Crippen MR) is 108 cm³/mol. The zero-order valence-corrected chi connectivity index (χ0v) is 16.5. The predicted octanol–water partition coefficient (Wildman–Crippen LogP) is 3.12. The number of hydrazone groups is 1. The molecule has 0 amide bonds. The zero-order chi connectivity index (χ0) is 21.2. The first kappa shape index (κ1) is 22.0.